The number of imide groups is 1. The van der Waals surface area contributed by atoms with Crippen molar-refractivity contribution in [2.45, 2.75) is 13.0 Å². The van der Waals surface area contributed by atoms with Gasteiger partial charge in [-0.25, -0.2) is 4.39 Å². The van der Waals surface area contributed by atoms with Crippen molar-refractivity contribution in [2.75, 3.05) is 6.54 Å². The molecule has 1 unspecified atom stereocenters. The van der Waals surface area contributed by atoms with Crippen LogP contribution in [0.5, 0.6) is 0 Å². The van der Waals surface area contributed by atoms with Crippen molar-refractivity contribution in [3.05, 3.63) is 70.5 Å². The van der Waals surface area contributed by atoms with Crippen LogP contribution < -0.4 is 0 Å². The van der Waals surface area contributed by atoms with Crippen molar-refractivity contribution in [1.29, 1.82) is 0 Å². The molecule has 2 aromatic carbocycles. The fraction of sp³-hybridized carbons (Fsp3) is 0.176. The zero-order valence-corrected chi connectivity index (χ0v) is 11.9. The maximum Gasteiger partial charge on any atom is 0.261 e. The molecule has 1 aliphatic rings. The molecule has 2 aromatic rings. The molecule has 112 valence electrons. The highest BCUT2D eigenvalue weighted by Gasteiger charge is 2.36. The molecule has 2 amide bonds. The average Bonchev–Trinajstić information content (AvgIpc) is 2.72. The second kappa shape index (κ2) is 5.35. The summed E-state index contributed by atoms with van der Waals surface area (Å²) >= 11 is 0. The maximum absolute atomic E-state index is 13.2. The average molecular weight is 299 g/mol. The molecule has 0 saturated heterocycles. The van der Waals surface area contributed by atoms with Crippen LogP contribution in [0.15, 0.2) is 42.5 Å². The number of hydrogen-bond donors (Lipinski definition) is 1. The molecule has 0 aromatic heterocycles. The first-order valence-electron chi connectivity index (χ1n) is 6.88. The SMILES string of the molecule is Cc1ccc(C(O)CN2C(=O)c3ccc(F)cc3C2=O)cc1. The molecule has 3 rings (SSSR count). The molecule has 0 bridgehead atoms. The van der Waals surface area contributed by atoms with Crippen molar-refractivity contribution in [3.63, 3.8) is 0 Å². The lowest BCUT2D eigenvalue weighted by Gasteiger charge is -2.18. The van der Waals surface area contributed by atoms with E-state index in [4.69, 9.17) is 0 Å². The number of amides is 2. The number of carbonyl (C=O) groups is 2. The third kappa shape index (κ3) is 2.40. The molecule has 0 spiro atoms. The molecule has 0 radical (unpaired) electrons. The minimum atomic E-state index is -0.979. The Hall–Kier alpha value is -2.53. The van der Waals surface area contributed by atoms with Crippen LogP contribution in [0.2, 0.25) is 0 Å². The van der Waals surface area contributed by atoms with E-state index in [0.717, 1.165) is 22.6 Å². The van der Waals surface area contributed by atoms with Crippen LogP contribution >= 0.6 is 0 Å². The van der Waals surface area contributed by atoms with Gasteiger partial charge in [-0.1, -0.05) is 29.8 Å². The van der Waals surface area contributed by atoms with Gasteiger partial charge in [0.25, 0.3) is 11.8 Å². The van der Waals surface area contributed by atoms with Crippen LogP contribution in [0.3, 0.4) is 0 Å². The Morgan fingerprint density at radius 1 is 1.05 bits per heavy atom. The minimum Gasteiger partial charge on any atom is -0.387 e. The van der Waals surface area contributed by atoms with Gasteiger partial charge in [0, 0.05) is 0 Å². The first kappa shape index (κ1) is 14.4. The van der Waals surface area contributed by atoms with E-state index < -0.39 is 23.7 Å². The molecule has 1 heterocycles. The molecule has 0 fully saturated rings. The Labute approximate surface area is 126 Å². The summed E-state index contributed by atoms with van der Waals surface area (Å²) in [5.74, 6) is -1.65. The summed E-state index contributed by atoms with van der Waals surface area (Å²) in [5, 5.41) is 10.2. The minimum absolute atomic E-state index is 0.0427. The normalized spacial score (nSPS) is 15.1. The molecule has 0 aliphatic carbocycles. The predicted octanol–water partition coefficient (Wildman–Crippen LogP) is 2.46. The van der Waals surface area contributed by atoms with Gasteiger partial charge in [0.1, 0.15) is 5.82 Å². The zero-order chi connectivity index (χ0) is 15.9. The van der Waals surface area contributed by atoms with E-state index >= 15 is 0 Å². The molecule has 1 N–H and O–H groups in total. The number of aryl methyl sites for hydroxylation is 1. The number of nitrogens with zero attached hydrogens (tertiary/aromatic N) is 1. The van der Waals surface area contributed by atoms with E-state index in [2.05, 4.69) is 0 Å². The van der Waals surface area contributed by atoms with E-state index in [1.807, 2.05) is 19.1 Å². The number of rotatable bonds is 3. The second-order valence-corrected chi connectivity index (χ2v) is 5.34. The second-order valence-electron chi connectivity index (χ2n) is 5.34. The Morgan fingerprint density at radius 2 is 1.68 bits per heavy atom. The smallest absolute Gasteiger partial charge is 0.261 e. The van der Waals surface area contributed by atoms with Gasteiger partial charge in [0.15, 0.2) is 0 Å². The van der Waals surface area contributed by atoms with E-state index in [1.165, 1.54) is 6.07 Å². The highest BCUT2D eigenvalue weighted by atomic mass is 19.1. The molecular formula is C17H14FNO3. The van der Waals surface area contributed by atoms with Gasteiger partial charge in [0.05, 0.1) is 23.8 Å². The molecule has 0 saturated carbocycles. The Kier molecular flexibility index (Phi) is 3.50. The first-order chi connectivity index (χ1) is 10.5. The summed E-state index contributed by atoms with van der Waals surface area (Å²) < 4.78 is 13.2. The number of carbonyl (C=O) groups excluding carboxylic acids is 2. The lowest BCUT2D eigenvalue weighted by atomic mass is 10.1. The lowest BCUT2D eigenvalue weighted by Crippen LogP contribution is -2.33. The van der Waals surface area contributed by atoms with Crippen molar-refractivity contribution >= 4 is 11.8 Å². The summed E-state index contributed by atoms with van der Waals surface area (Å²) in [7, 11) is 0. The Balaban J connectivity index is 1.83. The van der Waals surface area contributed by atoms with E-state index in [1.54, 1.807) is 12.1 Å². The summed E-state index contributed by atoms with van der Waals surface area (Å²) in [5.41, 5.74) is 1.88. The topological polar surface area (TPSA) is 57.6 Å². The number of halogens is 1. The van der Waals surface area contributed by atoms with Crippen molar-refractivity contribution < 1.29 is 19.1 Å². The number of aliphatic hydroxyl groups excluding tert-OH is 1. The van der Waals surface area contributed by atoms with Gasteiger partial charge < -0.3 is 5.11 Å². The van der Waals surface area contributed by atoms with Crippen LogP contribution in [0.4, 0.5) is 4.39 Å². The largest absolute Gasteiger partial charge is 0.387 e. The molecule has 1 aliphatic heterocycles. The fourth-order valence-electron chi connectivity index (χ4n) is 2.50. The van der Waals surface area contributed by atoms with Gasteiger partial charge in [-0.3, -0.25) is 14.5 Å². The Morgan fingerprint density at radius 3 is 2.36 bits per heavy atom. The molecule has 22 heavy (non-hydrogen) atoms. The monoisotopic (exact) mass is 299 g/mol. The summed E-state index contributed by atoms with van der Waals surface area (Å²) in [4.78, 5) is 25.4. The number of β-amino-alcohol motifs (C(OH)–C–C–N with tert-alkyl or cyclic N) is 1. The van der Waals surface area contributed by atoms with Crippen LogP contribution in [0, 0.1) is 12.7 Å². The van der Waals surface area contributed by atoms with Crippen LogP contribution in [0.1, 0.15) is 37.9 Å². The summed E-state index contributed by atoms with van der Waals surface area (Å²) in [6.07, 6.45) is -0.979. The third-order valence-electron chi connectivity index (χ3n) is 3.75. The molecule has 1 atom stereocenters. The van der Waals surface area contributed by atoms with Crippen molar-refractivity contribution in [1.82, 2.24) is 4.90 Å². The third-order valence-corrected chi connectivity index (χ3v) is 3.75. The Bertz CT molecular complexity index is 755. The highest BCUT2D eigenvalue weighted by Crippen LogP contribution is 2.26. The predicted molar refractivity (Wildman–Crippen MR) is 77.9 cm³/mol. The van der Waals surface area contributed by atoms with Crippen molar-refractivity contribution in [2.24, 2.45) is 0 Å². The standard InChI is InChI=1S/C17H14FNO3/c1-10-2-4-11(5-3-10)15(20)9-19-16(21)13-7-6-12(18)8-14(13)17(19)22/h2-8,15,20H,9H2,1H3. The highest BCUT2D eigenvalue weighted by molar-refractivity contribution is 6.21. The lowest BCUT2D eigenvalue weighted by molar-refractivity contribution is 0.0543. The van der Waals surface area contributed by atoms with Crippen LogP contribution in [0.25, 0.3) is 0 Å². The number of hydrogen-bond acceptors (Lipinski definition) is 3. The molecular weight excluding hydrogens is 285 g/mol. The fourth-order valence-corrected chi connectivity index (χ4v) is 2.50. The first-order valence-corrected chi connectivity index (χ1v) is 6.88. The maximum atomic E-state index is 13.2. The zero-order valence-electron chi connectivity index (χ0n) is 11.9. The van der Waals surface area contributed by atoms with Gasteiger partial charge in [-0.15, -0.1) is 0 Å². The van der Waals surface area contributed by atoms with Crippen molar-refractivity contribution in [3.8, 4) is 0 Å². The van der Waals surface area contributed by atoms with E-state index in [-0.39, 0.29) is 17.7 Å². The summed E-state index contributed by atoms with van der Waals surface area (Å²) in [6.45, 7) is 1.77. The van der Waals surface area contributed by atoms with Gasteiger partial charge in [-0.05, 0) is 30.7 Å². The van der Waals surface area contributed by atoms with Gasteiger partial charge >= 0.3 is 0 Å². The quantitative estimate of drug-likeness (QED) is 0.886. The number of aliphatic hydroxyl groups is 1. The molecule has 4 nitrogen and oxygen atoms in total. The summed E-state index contributed by atoms with van der Waals surface area (Å²) in [6, 6.07) is 10.7. The van der Waals surface area contributed by atoms with E-state index in [0.29, 0.717) is 5.56 Å². The number of fused-ring (bicyclic) bond motifs is 1. The molecule has 5 heteroatoms. The van der Waals surface area contributed by atoms with Crippen LogP contribution in [-0.4, -0.2) is 28.4 Å². The van der Waals surface area contributed by atoms with Gasteiger partial charge in [-0.2, -0.15) is 0 Å². The number of benzene rings is 2. The van der Waals surface area contributed by atoms with E-state index in [9.17, 15) is 19.1 Å². The van der Waals surface area contributed by atoms with Gasteiger partial charge in [0.2, 0.25) is 0 Å². The van der Waals surface area contributed by atoms with Crippen LogP contribution in [-0.2, 0) is 0 Å².